The maximum Gasteiger partial charge on any atom is 0.172 e. The molecule has 0 unspecified atom stereocenters. The second-order valence-corrected chi connectivity index (χ2v) is 4.91. The van der Waals surface area contributed by atoms with Crippen LogP contribution in [0.25, 0.3) is 0 Å². The lowest BCUT2D eigenvalue weighted by Gasteiger charge is -2.25. The van der Waals surface area contributed by atoms with E-state index in [1.54, 1.807) is 0 Å². The molecule has 2 heteroatoms. The number of ketones is 1. The van der Waals surface area contributed by atoms with E-state index in [4.69, 9.17) is 5.73 Å². The summed E-state index contributed by atoms with van der Waals surface area (Å²) in [5.74, 6) is 0.0843. The zero-order valence-corrected chi connectivity index (χ0v) is 10.7. The number of benzene rings is 2. The van der Waals surface area contributed by atoms with Crippen LogP contribution in [-0.4, -0.2) is 5.78 Å². The Balaban J connectivity index is 2.44. The minimum absolute atomic E-state index is 0.0843. The van der Waals surface area contributed by atoms with Crippen molar-refractivity contribution in [2.75, 3.05) is 5.73 Å². The van der Waals surface area contributed by atoms with E-state index in [1.165, 1.54) is 0 Å². The first kappa shape index (κ1) is 12.4. The zero-order valence-electron chi connectivity index (χ0n) is 10.7. The highest BCUT2D eigenvalue weighted by Crippen LogP contribution is 2.31. The van der Waals surface area contributed by atoms with E-state index in [9.17, 15) is 4.79 Å². The minimum Gasteiger partial charge on any atom is -0.398 e. The molecule has 2 aromatic rings. The van der Waals surface area contributed by atoms with Crippen LogP contribution in [0.3, 0.4) is 0 Å². The standard InChI is InChI=1S/C16H17NO/c1-16(2,13-10-6-7-11-14(13)17)15(18)12-8-4-3-5-9-12/h3-11H,17H2,1-2H3. The molecule has 0 saturated heterocycles. The van der Waals surface area contributed by atoms with Crippen molar-refractivity contribution in [1.29, 1.82) is 0 Å². The molecule has 18 heavy (non-hydrogen) atoms. The molecule has 2 rings (SSSR count). The largest absolute Gasteiger partial charge is 0.398 e. The van der Waals surface area contributed by atoms with Crippen molar-refractivity contribution in [1.82, 2.24) is 0 Å². The molecule has 0 bridgehead atoms. The lowest BCUT2D eigenvalue weighted by Crippen LogP contribution is -2.30. The van der Waals surface area contributed by atoms with Crippen LogP contribution in [-0.2, 0) is 5.41 Å². The molecule has 0 aromatic heterocycles. The number of hydrogen-bond acceptors (Lipinski definition) is 2. The molecule has 0 atom stereocenters. The van der Waals surface area contributed by atoms with E-state index in [0.29, 0.717) is 11.3 Å². The van der Waals surface area contributed by atoms with Gasteiger partial charge in [-0.3, -0.25) is 4.79 Å². The molecular formula is C16H17NO. The Hall–Kier alpha value is -2.09. The summed E-state index contributed by atoms with van der Waals surface area (Å²) in [5.41, 5.74) is 7.60. The monoisotopic (exact) mass is 239 g/mol. The molecule has 0 aliphatic heterocycles. The number of nitrogen functional groups attached to an aromatic ring is 1. The summed E-state index contributed by atoms with van der Waals surface area (Å²) in [6, 6.07) is 16.8. The maximum absolute atomic E-state index is 12.6. The van der Waals surface area contributed by atoms with Crippen molar-refractivity contribution >= 4 is 11.5 Å². The lowest BCUT2D eigenvalue weighted by molar-refractivity contribution is 0.0909. The highest BCUT2D eigenvalue weighted by atomic mass is 16.1. The molecule has 0 heterocycles. The number of para-hydroxylation sites is 1. The van der Waals surface area contributed by atoms with E-state index in [2.05, 4.69) is 0 Å². The molecule has 2 aromatic carbocycles. The van der Waals surface area contributed by atoms with Crippen LogP contribution < -0.4 is 5.73 Å². The van der Waals surface area contributed by atoms with Crippen LogP contribution in [0.1, 0.15) is 29.8 Å². The summed E-state index contributed by atoms with van der Waals surface area (Å²) in [6.45, 7) is 3.82. The van der Waals surface area contributed by atoms with E-state index in [-0.39, 0.29) is 5.78 Å². The zero-order chi connectivity index (χ0) is 13.2. The Morgan fingerprint density at radius 2 is 1.50 bits per heavy atom. The third-order valence-corrected chi connectivity index (χ3v) is 3.24. The van der Waals surface area contributed by atoms with Crippen LogP contribution in [0, 0.1) is 0 Å². The van der Waals surface area contributed by atoms with Crippen LogP contribution >= 0.6 is 0 Å². The number of Topliss-reactive ketones (excluding diaryl/α,β-unsaturated/α-hetero) is 1. The average molecular weight is 239 g/mol. The van der Waals surface area contributed by atoms with E-state index in [0.717, 1.165) is 5.56 Å². The first-order valence-electron chi connectivity index (χ1n) is 5.98. The second-order valence-electron chi connectivity index (χ2n) is 4.91. The van der Waals surface area contributed by atoms with E-state index in [1.807, 2.05) is 68.4 Å². The number of carbonyl (C=O) groups is 1. The van der Waals surface area contributed by atoms with Gasteiger partial charge >= 0.3 is 0 Å². The minimum atomic E-state index is -0.618. The molecule has 0 fully saturated rings. The second kappa shape index (κ2) is 4.65. The molecule has 0 saturated carbocycles. The Kier molecular flexibility index (Phi) is 3.19. The fourth-order valence-electron chi connectivity index (χ4n) is 2.14. The van der Waals surface area contributed by atoms with Gasteiger partial charge < -0.3 is 5.73 Å². The fourth-order valence-corrected chi connectivity index (χ4v) is 2.14. The van der Waals surface area contributed by atoms with E-state index < -0.39 is 5.41 Å². The number of hydrogen-bond donors (Lipinski definition) is 1. The third kappa shape index (κ3) is 2.14. The van der Waals surface area contributed by atoms with Gasteiger partial charge in [-0.15, -0.1) is 0 Å². The van der Waals surface area contributed by atoms with Crippen molar-refractivity contribution in [3.8, 4) is 0 Å². The Labute approximate surface area is 107 Å². The van der Waals surface area contributed by atoms with Gasteiger partial charge in [0.1, 0.15) is 0 Å². The first-order chi connectivity index (χ1) is 8.53. The highest BCUT2D eigenvalue weighted by molar-refractivity contribution is 6.04. The molecule has 0 amide bonds. The Morgan fingerprint density at radius 1 is 0.944 bits per heavy atom. The molecule has 2 N–H and O–H groups in total. The quantitative estimate of drug-likeness (QED) is 0.658. The number of carbonyl (C=O) groups excluding carboxylic acids is 1. The summed E-state index contributed by atoms with van der Waals surface area (Å²) in [7, 11) is 0. The Bertz CT molecular complexity index is 558. The summed E-state index contributed by atoms with van der Waals surface area (Å²) < 4.78 is 0. The summed E-state index contributed by atoms with van der Waals surface area (Å²) in [6.07, 6.45) is 0. The first-order valence-corrected chi connectivity index (χ1v) is 5.98. The van der Waals surface area contributed by atoms with Crippen molar-refractivity contribution in [2.45, 2.75) is 19.3 Å². The van der Waals surface area contributed by atoms with Gasteiger partial charge in [-0.25, -0.2) is 0 Å². The average Bonchev–Trinajstić information content (AvgIpc) is 2.39. The summed E-state index contributed by atoms with van der Waals surface area (Å²) >= 11 is 0. The molecule has 2 nitrogen and oxygen atoms in total. The van der Waals surface area contributed by atoms with Gasteiger partial charge in [0, 0.05) is 11.3 Å². The number of nitrogens with two attached hydrogens (primary N) is 1. The van der Waals surface area contributed by atoms with Crippen LogP contribution in [0.2, 0.25) is 0 Å². The number of rotatable bonds is 3. The van der Waals surface area contributed by atoms with Gasteiger partial charge in [0.15, 0.2) is 5.78 Å². The van der Waals surface area contributed by atoms with E-state index >= 15 is 0 Å². The van der Waals surface area contributed by atoms with Crippen molar-refractivity contribution < 1.29 is 4.79 Å². The van der Waals surface area contributed by atoms with Crippen LogP contribution in [0.5, 0.6) is 0 Å². The predicted octanol–water partition coefficient (Wildman–Crippen LogP) is 3.43. The SMILES string of the molecule is CC(C)(C(=O)c1ccccc1)c1ccccc1N. The van der Waals surface area contributed by atoms with Gasteiger partial charge in [0.05, 0.1) is 5.41 Å². The topological polar surface area (TPSA) is 43.1 Å². The van der Waals surface area contributed by atoms with Gasteiger partial charge in [-0.1, -0.05) is 48.5 Å². The van der Waals surface area contributed by atoms with Gasteiger partial charge in [-0.05, 0) is 25.5 Å². The van der Waals surface area contributed by atoms with Crippen molar-refractivity contribution in [3.05, 3.63) is 65.7 Å². The summed E-state index contributed by atoms with van der Waals surface area (Å²) in [5, 5.41) is 0. The van der Waals surface area contributed by atoms with Gasteiger partial charge in [0.25, 0.3) is 0 Å². The lowest BCUT2D eigenvalue weighted by atomic mass is 9.77. The third-order valence-electron chi connectivity index (χ3n) is 3.24. The number of anilines is 1. The molecule has 0 radical (unpaired) electrons. The van der Waals surface area contributed by atoms with Gasteiger partial charge in [0.2, 0.25) is 0 Å². The summed E-state index contributed by atoms with van der Waals surface area (Å²) in [4.78, 5) is 12.6. The maximum atomic E-state index is 12.6. The molecule has 92 valence electrons. The molecular weight excluding hydrogens is 222 g/mol. The Morgan fingerprint density at radius 3 is 2.11 bits per heavy atom. The molecule has 0 aliphatic rings. The normalized spacial score (nSPS) is 11.2. The van der Waals surface area contributed by atoms with Crippen LogP contribution in [0.4, 0.5) is 5.69 Å². The molecule has 0 spiro atoms. The van der Waals surface area contributed by atoms with Crippen molar-refractivity contribution in [3.63, 3.8) is 0 Å². The van der Waals surface area contributed by atoms with Crippen molar-refractivity contribution in [2.24, 2.45) is 0 Å². The smallest absolute Gasteiger partial charge is 0.172 e. The highest BCUT2D eigenvalue weighted by Gasteiger charge is 2.31. The van der Waals surface area contributed by atoms with Crippen LogP contribution in [0.15, 0.2) is 54.6 Å². The predicted molar refractivity (Wildman–Crippen MR) is 74.7 cm³/mol. The van der Waals surface area contributed by atoms with Gasteiger partial charge in [-0.2, -0.15) is 0 Å². The fraction of sp³-hybridized carbons (Fsp3) is 0.188. The molecule has 0 aliphatic carbocycles.